The van der Waals surface area contributed by atoms with E-state index in [2.05, 4.69) is 42.2 Å². The number of aromatic hydroxyl groups is 1. The molecule has 21 heteroatoms. The fourth-order valence-corrected chi connectivity index (χ4v) is 8.37. The molecule has 4 aromatic carbocycles. The van der Waals surface area contributed by atoms with Crippen molar-refractivity contribution in [2.45, 2.75) is 128 Å². The minimum absolute atomic E-state index is 0.0355. The third-order valence-electron chi connectivity index (χ3n) is 12.8. The van der Waals surface area contributed by atoms with Gasteiger partial charge in [0.1, 0.15) is 48.0 Å². The van der Waals surface area contributed by atoms with E-state index in [0.29, 0.717) is 24.0 Å². The largest absolute Gasteiger partial charge is 0.508 e. The smallest absolute Gasteiger partial charge is 0.243 e. The summed E-state index contributed by atoms with van der Waals surface area (Å²) in [5.74, 6) is -6.81. The summed E-state index contributed by atoms with van der Waals surface area (Å²) in [5.41, 5.74) is 20.2. The molecule has 0 aliphatic carbocycles. The molecule has 0 radical (unpaired) electrons. The number of unbranched alkanes of at least 4 members (excludes halogenated alkanes) is 1. The van der Waals surface area contributed by atoms with Crippen LogP contribution < -0.4 is 54.4 Å². The van der Waals surface area contributed by atoms with E-state index in [1.165, 1.54) is 32.9 Å². The second kappa shape index (κ2) is 27.4. The number of carbonyl (C=O) groups is 8. The number of rotatable bonds is 27. The summed E-state index contributed by atoms with van der Waals surface area (Å²) in [6.07, 6.45) is 1.27. The van der Waals surface area contributed by atoms with Gasteiger partial charge in [-0.25, -0.2) is 0 Å². The van der Waals surface area contributed by atoms with Crippen LogP contribution in [0.15, 0.2) is 97.2 Å². The Hall–Kier alpha value is -7.88. The minimum atomic E-state index is -1.43. The number of hydrogen-bond acceptors (Lipinski definition) is 12. The summed E-state index contributed by atoms with van der Waals surface area (Å²) in [4.78, 5) is 112. The number of H-pyrrole nitrogens is 1. The number of phenolic OH excluding ortho intramolecular Hbond substituents is 1. The molecule has 5 rings (SSSR count). The van der Waals surface area contributed by atoms with Crippen LogP contribution in [0.4, 0.5) is 0 Å². The Bertz CT molecular complexity index is 2800. The summed E-state index contributed by atoms with van der Waals surface area (Å²) in [5, 5.41) is 41.2. The fourth-order valence-electron chi connectivity index (χ4n) is 8.37. The van der Waals surface area contributed by atoms with Crippen LogP contribution in [0.25, 0.3) is 21.7 Å². The van der Waals surface area contributed by atoms with Gasteiger partial charge in [-0.05, 0) is 105 Å². The molecule has 0 aliphatic rings. The van der Waals surface area contributed by atoms with Crippen molar-refractivity contribution >= 4 is 68.9 Å². The van der Waals surface area contributed by atoms with Crippen LogP contribution in [0, 0.1) is 5.92 Å². The molecule has 1 heterocycles. The molecule has 402 valence electrons. The molecular formula is C54H71N11O10. The van der Waals surface area contributed by atoms with Crippen molar-refractivity contribution in [3.05, 3.63) is 114 Å². The maximum Gasteiger partial charge on any atom is 0.243 e. The van der Waals surface area contributed by atoms with Crippen molar-refractivity contribution in [3.63, 3.8) is 0 Å². The van der Waals surface area contributed by atoms with E-state index < -0.39 is 108 Å². The van der Waals surface area contributed by atoms with E-state index in [4.69, 9.17) is 17.2 Å². The van der Waals surface area contributed by atoms with Crippen LogP contribution in [0.2, 0.25) is 0 Å². The summed E-state index contributed by atoms with van der Waals surface area (Å²) in [6.45, 7) is 7.64. The first-order valence-electron chi connectivity index (χ1n) is 25.0. The van der Waals surface area contributed by atoms with Gasteiger partial charge in [0, 0.05) is 29.9 Å². The highest BCUT2D eigenvalue weighted by Crippen LogP contribution is 2.21. The van der Waals surface area contributed by atoms with E-state index >= 15 is 0 Å². The van der Waals surface area contributed by atoms with Crippen LogP contribution in [-0.4, -0.2) is 123 Å². The number of fused-ring (bicyclic) bond motifs is 2. The number of amides is 8. The van der Waals surface area contributed by atoms with Gasteiger partial charge in [-0.1, -0.05) is 86.6 Å². The predicted molar refractivity (Wildman–Crippen MR) is 283 cm³/mol. The fraction of sp³-hybridized carbons (Fsp3) is 0.407. The van der Waals surface area contributed by atoms with Crippen LogP contribution in [0.1, 0.15) is 70.6 Å². The maximum atomic E-state index is 14.7. The Kier molecular flexibility index (Phi) is 21.2. The van der Waals surface area contributed by atoms with Gasteiger partial charge in [0.25, 0.3) is 0 Å². The van der Waals surface area contributed by atoms with Crippen molar-refractivity contribution in [3.8, 4) is 5.75 Å². The Balaban J connectivity index is 1.36. The molecule has 0 unspecified atom stereocenters. The normalized spacial score (nSPS) is 14.9. The number of para-hydroxylation sites is 1. The minimum Gasteiger partial charge on any atom is -0.508 e. The molecule has 0 bridgehead atoms. The third kappa shape index (κ3) is 16.8. The molecule has 21 nitrogen and oxygen atoms in total. The van der Waals surface area contributed by atoms with E-state index in [0.717, 1.165) is 27.2 Å². The van der Waals surface area contributed by atoms with Crippen molar-refractivity contribution in [1.29, 1.82) is 0 Å². The summed E-state index contributed by atoms with van der Waals surface area (Å²) in [6, 6.07) is 16.7. The van der Waals surface area contributed by atoms with Gasteiger partial charge in [-0.2, -0.15) is 0 Å². The number of aromatic nitrogens is 1. The Morgan fingerprint density at radius 2 is 1.11 bits per heavy atom. The first-order chi connectivity index (χ1) is 35.6. The molecule has 0 aliphatic heterocycles. The number of benzene rings is 4. The first-order valence-corrected chi connectivity index (χ1v) is 25.0. The number of hydrogen-bond donors (Lipinski definition) is 13. The summed E-state index contributed by atoms with van der Waals surface area (Å²) < 4.78 is 0. The predicted octanol–water partition coefficient (Wildman–Crippen LogP) is 0.466. The van der Waals surface area contributed by atoms with E-state index in [9.17, 15) is 48.6 Å². The van der Waals surface area contributed by atoms with Crippen molar-refractivity contribution in [2.75, 3.05) is 6.54 Å². The zero-order valence-corrected chi connectivity index (χ0v) is 42.9. The first kappa shape index (κ1) is 58.0. The van der Waals surface area contributed by atoms with Gasteiger partial charge >= 0.3 is 0 Å². The number of nitrogens with one attached hydrogen (secondary N) is 8. The lowest BCUT2D eigenvalue weighted by atomic mass is 10.00. The Labute approximate surface area is 435 Å². The highest BCUT2D eigenvalue weighted by Gasteiger charge is 2.35. The van der Waals surface area contributed by atoms with Gasteiger partial charge in [0.05, 0.1) is 12.1 Å². The molecule has 0 spiro atoms. The standard InChI is InChI=1S/C54H71N11O10/c1-29(2)45(54(75)60-31(4)49(70)65-46(32(5)66)47(57)68)64-51(72)42(16-10-11-23-55)61-53(74)44(27-37-28-58-41-15-9-8-14-39(37)41)63-52(73)43(26-33-18-21-38(67)22-19-33)62-48(69)30(3)59-50(71)40(56)25-34-17-20-35-12-6-7-13-36(35)24-34/h6-9,12-15,17-22,24,28-32,40,42-46,58,66-67H,10-11,16,23,25-27,55-56H2,1-5H3,(H2,57,68)(H,59,71)(H,60,75)(H,61,74)(H,62,69)(H,63,73)(H,64,72)(H,65,70)/t30-,31-,32+,40+,42-,43-,44+,45-,46-/m0/s1. The molecule has 75 heavy (non-hydrogen) atoms. The quantitative estimate of drug-likeness (QED) is 0.0319. The Morgan fingerprint density at radius 3 is 1.75 bits per heavy atom. The Morgan fingerprint density at radius 1 is 0.560 bits per heavy atom. The van der Waals surface area contributed by atoms with E-state index in [-0.39, 0.29) is 38.0 Å². The lowest BCUT2D eigenvalue weighted by Crippen LogP contribution is -2.61. The van der Waals surface area contributed by atoms with E-state index in [1.54, 1.807) is 32.2 Å². The van der Waals surface area contributed by atoms with Crippen molar-refractivity contribution < 1.29 is 48.6 Å². The molecular weight excluding hydrogens is 963 g/mol. The number of primary amides is 1. The van der Waals surface area contributed by atoms with Gasteiger partial charge in [-0.3, -0.25) is 38.4 Å². The number of phenols is 1. The highest BCUT2D eigenvalue weighted by atomic mass is 16.3. The van der Waals surface area contributed by atoms with E-state index in [1.807, 2.05) is 66.7 Å². The number of nitrogens with two attached hydrogens (primary N) is 3. The van der Waals surface area contributed by atoms with Crippen molar-refractivity contribution in [1.82, 2.24) is 42.2 Å². The molecule has 9 atom stereocenters. The average Bonchev–Trinajstić information content (AvgIpc) is 3.78. The molecule has 1 aromatic heterocycles. The lowest BCUT2D eigenvalue weighted by Gasteiger charge is -2.28. The van der Waals surface area contributed by atoms with Crippen LogP contribution >= 0.6 is 0 Å². The zero-order valence-electron chi connectivity index (χ0n) is 42.9. The molecule has 0 fully saturated rings. The van der Waals surface area contributed by atoms with Crippen LogP contribution in [0.3, 0.4) is 0 Å². The molecule has 0 saturated carbocycles. The van der Waals surface area contributed by atoms with Crippen LogP contribution in [0.5, 0.6) is 5.75 Å². The third-order valence-corrected chi connectivity index (χ3v) is 12.8. The topological polar surface area (TPSA) is 355 Å². The zero-order chi connectivity index (χ0) is 54.9. The van der Waals surface area contributed by atoms with Gasteiger partial charge < -0.3 is 69.6 Å². The second-order valence-corrected chi connectivity index (χ2v) is 19.2. The molecule has 5 aromatic rings. The number of aliphatic hydroxyl groups excluding tert-OH is 1. The molecule has 0 saturated heterocycles. The molecule has 16 N–H and O–H groups in total. The summed E-state index contributed by atoms with van der Waals surface area (Å²) >= 11 is 0. The van der Waals surface area contributed by atoms with Crippen LogP contribution in [-0.2, 0) is 57.6 Å². The van der Waals surface area contributed by atoms with Gasteiger partial charge in [0.2, 0.25) is 47.3 Å². The lowest BCUT2D eigenvalue weighted by molar-refractivity contribution is -0.136. The average molecular weight is 1030 g/mol. The number of aliphatic hydroxyl groups is 1. The SMILES string of the molecule is CC(C)[C@H](NC(=O)[C@H](CCCCN)NC(=O)[C@@H](Cc1c[nH]c2ccccc12)NC(=O)[C@H](Cc1ccc(O)cc1)NC(=O)[C@H](C)NC(=O)[C@H](N)Cc1ccc2ccccc2c1)C(=O)N[C@@H](C)C(=O)N[C@H](C(N)=O)[C@@H](C)O. The monoisotopic (exact) mass is 1030 g/mol. The highest BCUT2D eigenvalue weighted by molar-refractivity contribution is 5.98. The maximum absolute atomic E-state index is 14.7. The summed E-state index contributed by atoms with van der Waals surface area (Å²) in [7, 11) is 0. The number of aromatic amines is 1. The van der Waals surface area contributed by atoms with Gasteiger partial charge in [-0.15, -0.1) is 0 Å². The second-order valence-electron chi connectivity index (χ2n) is 19.2. The molecule has 8 amide bonds. The number of carbonyl (C=O) groups excluding carboxylic acids is 8. The van der Waals surface area contributed by atoms with Crippen molar-refractivity contribution in [2.24, 2.45) is 23.1 Å². The van der Waals surface area contributed by atoms with Gasteiger partial charge in [0.15, 0.2) is 0 Å².